The van der Waals surface area contributed by atoms with E-state index in [1.165, 1.54) is 58.0 Å². The van der Waals surface area contributed by atoms with Gasteiger partial charge in [-0.2, -0.15) is 0 Å². The zero-order valence-electron chi connectivity index (χ0n) is 35.1. The summed E-state index contributed by atoms with van der Waals surface area (Å²) < 4.78 is 5.48. The van der Waals surface area contributed by atoms with Gasteiger partial charge in [0.25, 0.3) is 5.91 Å². The monoisotopic (exact) mass is 978 g/mol. The van der Waals surface area contributed by atoms with E-state index in [9.17, 15) is 28.8 Å². The fourth-order valence-corrected chi connectivity index (χ4v) is 11.6. The van der Waals surface area contributed by atoms with Crippen molar-refractivity contribution in [2.45, 2.75) is 57.2 Å². The summed E-state index contributed by atoms with van der Waals surface area (Å²) in [5.74, 6) is -2.15. The highest BCUT2D eigenvalue weighted by atomic mass is 32.1. The molecule has 6 aromatic heterocycles. The minimum absolute atomic E-state index is 0.0131. The number of aryl methyl sites for hydroxylation is 3. The number of esters is 1. The lowest BCUT2D eigenvalue weighted by Crippen LogP contribution is -2.62. The number of piperazine rings is 1. The second kappa shape index (κ2) is 19.6. The minimum Gasteiger partial charge on any atom is -0.458 e. The Balaban J connectivity index is 0.980. The summed E-state index contributed by atoms with van der Waals surface area (Å²) in [4.78, 5) is 107. The lowest BCUT2D eigenvalue weighted by atomic mass is 10.1. The number of hydrogen-bond donors (Lipinski definition) is 3. The van der Waals surface area contributed by atoms with Crippen molar-refractivity contribution in [1.82, 2.24) is 50.8 Å². The van der Waals surface area contributed by atoms with Gasteiger partial charge in [0.15, 0.2) is 12.0 Å². The molecular formula is C44H38N10O7S5. The van der Waals surface area contributed by atoms with Gasteiger partial charge in [0.05, 0.1) is 23.2 Å². The lowest BCUT2D eigenvalue weighted by Gasteiger charge is -2.34. The van der Waals surface area contributed by atoms with Crippen molar-refractivity contribution in [1.29, 1.82) is 0 Å². The summed E-state index contributed by atoms with van der Waals surface area (Å²) in [7, 11) is 1.50. The third-order valence-corrected chi connectivity index (χ3v) is 15.5. The molecule has 17 nitrogen and oxygen atoms in total. The predicted octanol–water partition coefficient (Wildman–Crippen LogP) is 6.19. The number of carbonyl (C=O) groups excluding carboxylic acids is 6. The molecule has 66 heavy (non-hydrogen) atoms. The number of rotatable bonds is 16. The van der Waals surface area contributed by atoms with Crippen molar-refractivity contribution < 1.29 is 33.5 Å². The van der Waals surface area contributed by atoms with Crippen molar-refractivity contribution in [3.8, 4) is 43.4 Å². The van der Waals surface area contributed by atoms with Crippen LogP contribution in [0.3, 0.4) is 0 Å². The number of thiazole rings is 5. The third-order valence-electron chi connectivity index (χ3n) is 10.8. The first-order chi connectivity index (χ1) is 32.0. The quantitative estimate of drug-likeness (QED) is 0.0726. The molecule has 2 saturated heterocycles. The predicted molar refractivity (Wildman–Crippen MR) is 251 cm³/mol. The van der Waals surface area contributed by atoms with E-state index < -0.39 is 30.0 Å². The van der Waals surface area contributed by atoms with Crippen LogP contribution in [0.15, 0.2) is 64.0 Å². The average Bonchev–Trinajstić information content (AvgIpc) is 4.20. The summed E-state index contributed by atoms with van der Waals surface area (Å²) in [6, 6.07) is 11.5. The van der Waals surface area contributed by atoms with Crippen LogP contribution >= 0.6 is 56.7 Å². The SMILES string of the molecule is CNC(=O)C[C@H](NC(=O)c1csc(-c2ccc(-c3nc(C(=O)OCC4NC(=O)C5CCCN5C4=O)cs3)nc2-c2csc(-c3csc(CCc4ccccc4)n3)n2)n1)c1nc(C=O)c(C)s1. The van der Waals surface area contributed by atoms with Crippen LogP contribution in [0.4, 0.5) is 0 Å². The van der Waals surface area contributed by atoms with Gasteiger partial charge < -0.3 is 25.6 Å². The number of nitrogens with zero attached hydrogens (tertiary/aromatic N) is 7. The molecule has 1 aromatic carbocycles. The van der Waals surface area contributed by atoms with Gasteiger partial charge in [0, 0.05) is 52.0 Å². The number of benzene rings is 1. The van der Waals surface area contributed by atoms with E-state index >= 15 is 0 Å². The molecule has 22 heteroatoms. The van der Waals surface area contributed by atoms with Gasteiger partial charge >= 0.3 is 5.97 Å². The maximum absolute atomic E-state index is 13.8. The van der Waals surface area contributed by atoms with Crippen LogP contribution in [0, 0.1) is 6.92 Å². The largest absolute Gasteiger partial charge is 0.458 e. The maximum Gasteiger partial charge on any atom is 0.357 e. The second-order valence-electron chi connectivity index (χ2n) is 15.2. The average molecular weight is 979 g/mol. The Morgan fingerprint density at radius 1 is 0.864 bits per heavy atom. The van der Waals surface area contributed by atoms with Gasteiger partial charge in [-0.25, -0.2) is 34.7 Å². The van der Waals surface area contributed by atoms with Gasteiger partial charge in [0.1, 0.15) is 67.2 Å². The van der Waals surface area contributed by atoms with Crippen LogP contribution in [-0.4, -0.2) is 103 Å². The first-order valence-corrected chi connectivity index (χ1v) is 25.0. The number of aromatic nitrogens is 6. The molecule has 2 aliphatic heterocycles. The third kappa shape index (κ3) is 9.58. The number of hydrogen-bond acceptors (Lipinski definition) is 18. The molecule has 0 spiro atoms. The number of carbonyl (C=O) groups is 6. The molecular weight excluding hydrogens is 941 g/mol. The van der Waals surface area contributed by atoms with E-state index in [0.717, 1.165) is 30.0 Å². The molecule has 8 heterocycles. The molecule has 0 radical (unpaired) electrons. The second-order valence-corrected chi connectivity index (χ2v) is 19.9. The molecule has 336 valence electrons. The van der Waals surface area contributed by atoms with Gasteiger partial charge in [-0.1, -0.05) is 30.3 Å². The van der Waals surface area contributed by atoms with E-state index in [0.29, 0.717) is 66.8 Å². The lowest BCUT2D eigenvalue weighted by molar-refractivity contribution is -0.148. The van der Waals surface area contributed by atoms with Crippen molar-refractivity contribution in [2.24, 2.45) is 0 Å². The molecule has 9 rings (SSSR count). The number of aldehydes is 1. The zero-order valence-corrected chi connectivity index (χ0v) is 39.2. The summed E-state index contributed by atoms with van der Waals surface area (Å²) in [6.07, 6.45) is 3.53. The molecule has 2 fully saturated rings. The fraction of sp³-hybridized carbons (Fsp3) is 0.273. The van der Waals surface area contributed by atoms with Crippen LogP contribution in [0.2, 0.25) is 0 Å². The fourth-order valence-electron chi connectivity index (χ4n) is 7.44. The van der Waals surface area contributed by atoms with E-state index in [1.54, 1.807) is 46.1 Å². The van der Waals surface area contributed by atoms with Crippen molar-refractivity contribution in [3.63, 3.8) is 0 Å². The molecule has 0 aliphatic carbocycles. The Morgan fingerprint density at radius 3 is 2.42 bits per heavy atom. The molecule has 0 bridgehead atoms. The van der Waals surface area contributed by atoms with Crippen LogP contribution in [0.1, 0.15) is 77.2 Å². The number of nitrogens with one attached hydrogen (secondary N) is 3. The zero-order chi connectivity index (χ0) is 45.9. The van der Waals surface area contributed by atoms with Crippen molar-refractivity contribution in [2.75, 3.05) is 20.2 Å². The summed E-state index contributed by atoms with van der Waals surface area (Å²) in [5, 5.41) is 18.1. The highest BCUT2D eigenvalue weighted by Crippen LogP contribution is 2.38. The summed E-state index contributed by atoms with van der Waals surface area (Å²) >= 11 is 6.61. The number of fused-ring (bicyclic) bond motifs is 1. The topological polar surface area (TPSA) is 228 Å². The Hall–Kier alpha value is -6.46. The standard InChI is InChI=1S/C44H38N10O7S5/c1-22-27(16-55)50-42(66-22)26(15-34(56)45-2)48-37(57)30-19-63-39(52-30)24-11-12-25(40-53-32(21-65-40)44(60)61-17-28-43(59)54-14-6-9-33(54)38(58)49-28)47-36(24)29-18-64-41(51-29)31-20-62-35(46-31)13-10-23-7-4-3-5-8-23/h3-5,7-8,11-12,16,18-21,26,28,33H,6,9-10,13-15,17H2,1-2H3,(H,45,56)(H,48,57)(H,49,58)/t26-,28?,33?/m0/s1. The molecule has 3 atom stereocenters. The highest BCUT2D eigenvalue weighted by molar-refractivity contribution is 7.15. The molecule has 7 aromatic rings. The van der Waals surface area contributed by atoms with Gasteiger partial charge in [-0.3, -0.25) is 24.0 Å². The Bertz CT molecular complexity index is 2980. The number of pyridine rings is 1. The van der Waals surface area contributed by atoms with Gasteiger partial charge in [0.2, 0.25) is 17.7 Å². The van der Waals surface area contributed by atoms with E-state index in [4.69, 9.17) is 24.7 Å². The minimum atomic E-state index is -0.973. The molecule has 2 aliphatic rings. The first-order valence-electron chi connectivity index (χ1n) is 20.6. The summed E-state index contributed by atoms with van der Waals surface area (Å²) in [6.45, 7) is 1.91. The van der Waals surface area contributed by atoms with E-state index in [2.05, 4.69) is 38.1 Å². The maximum atomic E-state index is 13.8. The Labute approximate surface area is 396 Å². The number of amides is 4. The normalized spacial score (nSPS) is 16.1. The first kappa shape index (κ1) is 44.7. The van der Waals surface area contributed by atoms with Crippen LogP contribution in [-0.2, 0) is 32.0 Å². The smallest absolute Gasteiger partial charge is 0.357 e. The molecule has 0 saturated carbocycles. The van der Waals surface area contributed by atoms with Crippen LogP contribution in [0.5, 0.6) is 0 Å². The molecule has 2 unspecified atom stereocenters. The van der Waals surface area contributed by atoms with Crippen molar-refractivity contribution in [3.05, 3.63) is 102 Å². The van der Waals surface area contributed by atoms with Crippen LogP contribution in [0.25, 0.3) is 43.4 Å². The van der Waals surface area contributed by atoms with Gasteiger partial charge in [-0.05, 0) is 43.9 Å². The Morgan fingerprint density at radius 2 is 1.62 bits per heavy atom. The highest BCUT2D eigenvalue weighted by Gasteiger charge is 2.43. The Kier molecular flexibility index (Phi) is 13.3. The van der Waals surface area contributed by atoms with Gasteiger partial charge in [-0.15, -0.1) is 56.7 Å². The molecule has 4 amide bonds. The summed E-state index contributed by atoms with van der Waals surface area (Å²) in [5.41, 5.74) is 4.30. The van der Waals surface area contributed by atoms with E-state index in [-0.39, 0.29) is 47.8 Å². The van der Waals surface area contributed by atoms with E-state index in [1.807, 2.05) is 29.0 Å². The number of ether oxygens (including phenoxy) is 1. The van der Waals surface area contributed by atoms with Crippen LogP contribution < -0.4 is 16.0 Å². The molecule has 3 N–H and O–H groups in total. The van der Waals surface area contributed by atoms with Crippen molar-refractivity contribution >= 4 is 92.6 Å².